The number of hydrogen-bond acceptors (Lipinski definition) is 4. The largest absolute Gasteiger partial charge is 0.291 e. The highest BCUT2D eigenvalue weighted by Crippen LogP contribution is 2.12. The van der Waals surface area contributed by atoms with E-state index in [0.717, 1.165) is 6.08 Å². The summed E-state index contributed by atoms with van der Waals surface area (Å²) in [5, 5.41) is 8.49. The molecule has 0 saturated carbocycles. The summed E-state index contributed by atoms with van der Waals surface area (Å²) in [5.41, 5.74) is 0. The van der Waals surface area contributed by atoms with Crippen LogP contribution >= 0.6 is 12.6 Å². The Kier molecular flexibility index (Phi) is 1.30. The Bertz CT molecular complexity index is 210. The van der Waals surface area contributed by atoms with Crippen LogP contribution in [0.25, 0.3) is 0 Å². The van der Waals surface area contributed by atoms with E-state index in [2.05, 4.69) is 12.6 Å². The highest BCUT2D eigenvalue weighted by Gasteiger charge is 2.27. The van der Waals surface area contributed by atoms with Crippen molar-refractivity contribution in [1.29, 1.82) is 0 Å². The first-order valence-electron chi connectivity index (χ1n) is 2.11. The zero-order valence-electron chi connectivity index (χ0n) is 4.24. The number of carbonyl (C=O) groups excluding carboxylic acids is 2. The van der Waals surface area contributed by atoms with Gasteiger partial charge in [0.15, 0.2) is 0 Å². The molecule has 48 valence electrons. The lowest BCUT2D eigenvalue weighted by Gasteiger charge is -2.00. The van der Waals surface area contributed by atoms with Crippen molar-refractivity contribution in [3.05, 3.63) is 11.0 Å². The Morgan fingerprint density at radius 3 is 2.22 bits per heavy atom. The third kappa shape index (κ3) is 0.839. The molecule has 2 amide bonds. The highest BCUT2D eigenvalue weighted by atomic mass is 32.1. The topological polar surface area (TPSA) is 57.6 Å². The van der Waals surface area contributed by atoms with Gasteiger partial charge in [0.1, 0.15) is 0 Å². The number of amides is 2. The van der Waals surface area contributed by atoms with Crippen LogP contribution in [0.2, 0.25) is 0 Å². The summed E-state index contributed by atoms with van der Waals surface area (Å²) in [5.74, 6) is -1.52. The van der Waals surface area contributed by atoms with Crippen LogP contribution in [-0.4, -0.2) is 22.1 Å². The van der Waals surface area contributed by atoms with Crippen LogP contribution in [0.4, 0.5) is 0 Å². The summed E-state index contributed by atoms with van der Waals surface area (Å²) in [4.78, 5) is 20.7. The van der Waals surface area contributed by atoms with Crippen LogP contribution in [0, 0.1) is 0 Å². The second kappa shape index (κ2) is 1.85. The minimum atomic E-state index is -0.775. The van der Waals surface area contributed by atoms with Crippen LogP contribution in [-0.2, 0) is 9.59 Å². The van der Waals surface area contributed by atoms with Gasteiger partial charge in [-0.15, -0.1) is 17.7 Å². The third-order valence-corrected chi connectivity index (χ3v) is 1.20. The van der Waals surface area contributed by atoms with Gasteiger partial charge in [-0.2, -0.15) is 0 Å². The molecule has 0 spiro atoms. The molecule has 0 aromatic heterocycles. The average molecular weight is 145 g/mol. The van der Waals surface area contributed by atoms with Crippen LogP contribution in [0.15, 0.2) is 11.0 Å². The standard InChI is InChI=1S/C4H3NO3S/c6-3-1-2(9)4(7)5(3)8/h1,8-9H. The van der Waals surface area contributed by atoms with E-state index in [9.17, 15) is 9.59 Å². The third-order valence-electron chi connectivity index (χ3n) is 0.880. The van der Waals surface area contributed by atoms with Crippen LogP contribution in [0.1, 0.15) is 0 Å². The van der Waals surface area contributed by atoms with Crippen molar-refractivity contribution in [2.75, 3.05) is 0 Å². The zero-order valence-corrected chi connectivity index (χ0v) is 5.13. The first kappa shape index (κ1) is 6.31. The molecule has 0 aromatic rings. The molecule has 0 bridgehead atoms. The summed E-state index contributed by atoms with van der Waals surface area (Å²) >= 11 is 3.60. The number of hydrogen-bond donors (Lipinski definition) is 2. The summed E-state index contributed by atoms with van der Waals surface area (Å²) < 4.78 is 0. The Morgan fingerprint density at radius 2 is 2.11 bits per heavy atom. The molecule has 5 heteroatoms. The molecule has 0 aliphatic carbocycles. The Labute approximate surface area is 56.1 Å². The van der Waals surface area contributed by atoms with E-state index in [1.54, 1.807) is 0 Å². The van der Waals surface area contributed by atoms with Gasteiger partial charge < -0.3 is 0 Å². The van der Waals surface area contributed by atoms with Gasteiger partial charge in [0, 0.05) is 6.08 Å². The number of imide groups is 1. The molecule has 0 saturated heterocycles. The maximum absolute atomic E-state index is 10.4. The molecule has 4 nitrogen and oxygen atoms in total. The molecular weight excluding hydrogens is 142 g/mol. The molecule has 0 atom stereocenters. The normalized spacial score (nSPS) is 18.9. The van der Waals surface area contributed by atoms with Crippen molar-refractivity contribution in [3.63, 3.8) is 0 Å². The monoisotopic (exact) mass is 145 g/mol. The molecule has 1 aliphatic heterocycles. The van der Waals surface area contributed by atoms with Crippen LogP contribution in [0.5, 0.6) is 0 Å². The lowest BCUT2D eigenvalue weighted by atomic mass is 10.6. The van der Waals surface area contributed by atoms with Crippen molar-refractivity contribution in [3.8, 4) is 0 Å². The number of carbonyl (C=O) groups is 2. The van der Waals surface area contributed by atoms with Crippen molar-refractivity contribution < 1.29 is 14.8 Å². The average Bonchev–Trinajstić information content (AvgIpc) is 1.98. The highest BCUT2D eigenvalue weighted by molar-refractivity contribution is 7.85. The van der Waals surface area contributed by atoms with E-state index in [4.69, 9.17) is 5.21 Å². The number of hydroxylamine groups is 2. The van der Waals surface area contributed by atoms with Gasteiger partial charge >= 0.3 is 0 Å². The first-order valence-corrected chi connectivity index (χ1v) is 2.55. The van der Waals surface area contributed by atoms with Gasteiger partial charge in [-0.25, -0.2) is 0 Å². The van der Waals surface area contributed by atoms with E-state index < -0.39 is 11.8 Å². The van der Waals surface area contributed by atoms with E-state index in [0.29, 0.717) is 0 Å². The SMILES string of the molecule is O=C1C=C(S)C(=O)N1O. The summed E-state index contributed by atoms with van der Waals surface area (Å²) in [7, 11) is 0. The van der Waals surface area contributed by atoms with Gasteiger partial charge in [0.2, 0.25) is 0 Å². The fourth-order valence-electron chi connectivity index (χ4n) is 0.448. The zero-order chi connectivity index (χ0) is 7.02. The Hall–Kier alpha value is -0.810. The maximum Gasteiger partial charge on any atom is 0.291 e. The van der Waals surface area contributed by atoms with E-state index in [-0.39, 0.29) is 9.97 Å². The van der Waals surface area contributed by atoms with Crippen LogP contribution < -0.4 is 0 Å². The van der Waals surface area contributed by atoms with Gasteiger partial charge in [0.05, 0.1) is 4.91 Å². The lowest BCUT2D eigenvalue weighted by Crippen LogP contribution is -2.26. The maximum atomic E-state index is 10.4. The molecule has 9 heavy (non-hydrogen) atoms. The quantitative estimate of drug-likeness (QED) is 0.276. The van der Waals surface area contributed by atoms with Gasteiger partial charge in [-0.3, -0.25) is 14.8 Å². The predicted octanol–water partition coefficient (Wildman–Crippen LogP) is -0.442. The fraction of sp³-hybridized carbons (Fsp3) is 0. The molecule has 1 heterocycles. The molecule has 0 fully saturated rings. The summed E-state index contributed by atoms with van der Waals surface area (Å²) in [6.45, 7) is 0. The molecule has 0 radical (unpaired) electrons. The smallest absolute Gasteiger partial charge is 0.278 e. The number of rotatable bonds is 0. The molecule has 1 rings (SSSR count). The Balaban J connectivity index is 2.95. The molecule has 0 unspecified atom stereocenters. The first-order chi connectivity index (χ1) is 4.13. The molecule has 0 aromatic carbocycles. The van der Waals surface area contributed by atoms with Crippen molar-refractivity contribution in [2.45, 2.75) is 0 Å². The lowest BCUT2D eigenvalue weighted by molar-refractivity contribution is -0.169. The Morgan fingerprint density at radius 1 is 1.56 bits per heavy atom. The van der Waals surface area contributed by atoms with Crippen LogP contribution in [0.3, 0.4) is 0 Å². The van der Waals surface area contributed by atoms with Crippen molar-refractivity contribution >= 4 is 24.4 Å². The summed E-state index contributed by atoms with van der Waals surface area (Å²) in [6.07, 6.45) is 0.950. The molecule has 1 N–H and O–H groups in total. The van der Waals surface area contributed by atoms with E-state index in [1.807, 2.05) is 0 Å². The second-order valence-corrected chi connectivity index (χ2v) is 1.97. The molecular formula is C4H3NO3S. The predicted molar refractivity (Wildman–Crippen MR) is 30.7 cm³/mol. The fourth-order valence-corrected chi connectivity index (χ4v) is 0.654. The van der Waals surface area contributed by atoms with E-state index >= 15 is 0 Å². The van der Waals surface area contributed by atoms with E-state index in [1.165, 1.54) is 0 Å². The minimum Gasteiger partial charge on any atom is -0.278 e. The van der Waals surface area contributed by atoms with Gasteiger partial charge in [0.25, 0.3) is 11.8 Å². The van der Waals surface area contributed by atoms with Gasteiger partial charge in [-0.05, 0) is 0 Å². The minimum absolute atomic E-state index is 0.0162. The second-order valence-electron chi connectivity index (χ2n) is 1.48. The summed E-state index contributed by atoms with van der Waals surface area (Å²) in [6, 6.07) is 0. The molecule has 1 aliphatic rings. The van der Waals surface area contributed by atoms with Gasteiger partial charge in [-0.1, -0.05) is 0 Å². The number of nitrogens with zero attached hydrogens (tertiary/aromatic N) is 1. The number of thiol groups is 1. The van der Waals surface area contributed by atoms with Crippen molar-refractivity contribution in [2.24, 2.45) is 0 Å². The van der Waals surface area contributed by atoms with Crippen molar-refractivity contribution in [1.82, 2.24) is 5.06 Å².